The van der Waals surface area contributed by atoms with Gasteiger partial charge in [-0.15, -0.1) is 0 Å². The van der Waals surface area contributed by atoms with Gasteiger partial charge in [0.1, 0.15) is 6.04 Å². The van der Waals surface area contributed by atoms with Gasteiger partial charge in [0.05, 0.1) is 13.2 Å². The molecule has 5 rings (SSSR count). The van der Waals surface area contributed by atoms with Gasteiger partial charge in [-0.3, -0.25) is 9.59 Å². The number of fused-ring (bicyclic) bond motifs is 1. The number of hydrogen-bond acceptors (Lipinski definition) is 4. The summed E-state index contributed by atoms with van der Waals surface area (Å²) in [5, 5.41) is 0. The van der Waals surface area contributed by atoms with Crippen LogP contribution in [0.25, 0.3) is 0 Å². The molecule has 3 heterocycles. The third-order valence-corrected chi connectivity index (χ3v) is 7.43. The molecule has 0 bridgehead atoms. The lowest BCUT2D eigenvalue weighted by atomic mass is 9.84. The number of hydrogen-bond donors (Lipinski definition) is 0. The molecule has 0 N–H and O–H groups in total. The van der Waals surface area contributed by atoms with Crippen molar-refractivity contribution in [1.82, 2.24) is 9.80 Å². The first-order valence-electron chi connectivity index (χ1n) is 11.6. The molecule has 0 radical (unpaired) electrons. The predicted octanol–water partition coefficient (Wildman–Crippen LogP) is 3.07. The van der Waals surface area contributed by atoms with Gasteiger partial charge in [0, 0.05) is 30.6 Å². The molecule has 30 heavy (non-hydrogen) atoms. The summed E-state index contributed by atoms with van der Waals surface area (Å²) in [4.78, 5) is 31.1. The average Bonchev–Trinajstić information content (AvgIpc) is 3.47. The van der Waals surface area contributed by atoms with Crippen molar-refractivity contribution in [3.63, 3.8) is 0 Å². The Bertz CT molecular complexity index is 764. The van der Waals surface area contributed by atoms with E-state index in [1.54, 1.807) is 0 Å². The molecule has 3 saturated heterocycles. The molecule has 162 valence electrons. The molecule has 1 saturated carbocycles. The molecule has 1 aliphatic carbocycles. The Morgan fingerprint density at radius 1 is 0.900 bits per heavy atom. The second-order valence-corrected chi connectivity index (χ2v) is 9.24. The van der Waals surface area contributed by atoms with Crippen LogP contribution in [0.15, 0.2) is 30.3 Å². The molecule has 2 amide bonds. The molecule has 0 spiro atoms. The first-order chi connectivity index (χ1) is 14.7. The standard InChI is InChI=1S/C24H32N2O4/c27-22(17-7-2-1-3-8-17)26-20-11-5-4-9-18(20)15-21(26)23(28)25-12-6-10-19(16-25)24-29-13-14-30-24/h1-3,7-8,18-21,24H,4-6,9-16H2. The number of piperidine rings is 1. The Morgan fingerprint density at radius 3 is 2.43 bits per heavy atom. The number of likely N-dealkylation sites (tertiary alicyclic amines) is 2. The van der Waals surface area contributed by atoms with Crippen LogP contribution in [0.3, 0.4) is 0 Å². The first-order valence-corrected chi connectivity index (χ1v) is 11.6. The number of carbonyl (C=O) groups is 2. The zero-order valence-corrected chi connectivity index (χ0v) is 17.6. The van der Waals surface area contributed by atoms with E-state index in [0.717, 1.165) is 45.1 Å². The van der Waals surface area contributed by atoms with Gasteiger partial charge in [-0.2, -0.15) is 0 Å². The van der Waals surface area contributed by atoms with E-state index in [1.165, 1.54) is 6.42 Å². The fourth-order valence-corrected chi connectivity index (χ4v) is 5.99. The van der Waals surface area contributed by atoms with Crippen LogP contribution < -0.4 is 0 Å². The minimum Gasteiger partial charge on any atom is -0.350 e. The molecular formula is C24H32N2O4. The molecule has 1 aromatic carbocycles. The van der Waals surface area contributed by atoms with Crippen LogP contribution in [-0.4, -0.2) is 66.3 Å². The van der Waals surface area contributed by atoms with Crippen LogP contribution in [0, 0.1) is 11.8 Å². The SMILES string of the molecule is O=C(C1CC2CCCCC2N1C(=O)c1ccccc1)N1CCCC(C2OCCO2)C1. The summed E-state index contributed by atoms with van der Waals surface area (Å²) in [5.41, 5.74) is 0.686. The summed E-state index contributed by atoms with van der Waals surface area (Å²) < 4.78 is 11.4. The number of amides is 2. The normalized spacial score (nSPS) is 32.3. The maximum Gasteiger partial charge on any atom is 0.254 e. The number of rotatable bonds is 3. The largest absolute Gasteiger partial charge is 0.350 e. The highest BCUT2D eigenvalue weighted by Crippen LogP contribution is 2.41. The Hall–Kier alpha value is -1.92. The number of benzene rings is 1. The number of nitrogens with zero attached hydrogens (tertiary/aromatic N) is 2. The van der Waals surface area contributed by atoms with Crippen LogP contribution in [0.5, 0.6) is 0 Å². The molecule has 4 unspecified atom stereocenters. The van der Waals surface area contributed by atoms with Gasteiger partial charge in [-0.1, -0.05) is 31.0 Å². The van der Waals surface area contributed by atoms with Crippen molar-refractivity contribution in [1.29, 1.82) is 0 Å². The van der Waals surface area contributed by atoms with Gasteiger partial charge in [0.2, 0.25) is 5.91 Å². The van der Waals surface area contributed by atoms with E-state index >= 15 is 0 Å². The fraction of sp³-hybridized carbons (Fsp3) is 0.667. The highest BCUT2D eigenvalue weighted by molar-refractivity contribution is 5.98. The van der Waals surface area contributed by atoms with Gasteiger partial charge in [-0.25, -0.2) is 0 Å². The van der Waals surface area contributed by atoms with Crippen molar-refractivity contribution in [3.8, 4) is 0 Å². The van der Waals surface area contributed by atoms with E-state index in [0.29, 0.717) is 31.2 Å². The summed E-state index contributed by atoms with van der Waals surface area (Å²) in [6.07, 6.45) is 7.09. The van der Waals surface area contributed by atoms with Crippen LogP contribution in [0.4, 0.5) is 0 Å². The van der Waals surface area contributed by atoms with Crippen molar-refractivity contribution >= 4 is 11.8 Å². The van der Waals surface area contributed by atoms with E-state index in [2.05, 4.69) is 0 Å². The lowest BCUT2D eigenvalue weighted by Gasteiger charge is -2.38. The highest BCUT2D eigenvalue weighted by atomic mass is 16.7. The third kappa shape index (κ3) is 3.76. The summed E-state index contributed by atoms with van der Waals surface area (Å²) in [5.74, 6) is 0.811. The topological polar surface area (TPSA) is 59.1 Å². The van der Waals surface area contributed by atoms with Crippen LogP contribution in [0.1, 0.15) is 55.3 Å². The average molecular weight is 413 g/mol. The maximum absolute atomic E-state index is 13.7. The zero-order valence-electron chi connectivity index (χ0n) is 17.6. The van der Waals surface area contributed by atoms with E-state index in [-0.39, 0.29) is 36.1 Å². The Balaban J connectivity index is 1.36. The predicted molar refractivity (Wildman–Crippen MR) is 112 cm³/mol. The van der Waals surface area contributed by atoms with E-state index in [4.69, 9.17) is 9.47 Å². The van der Waals surface area contributed by atoms with Crippen molar-refractivity contribution in [2.75, 3.05) is 26.3 Å². The lowest BCUT2D eigenvalue weighted by molar-refractivity contribution is -0.143. The number of carbonyl (C=O) groups excluding carboxylic acids is 2. The Morgan fingerprint density at radius 2 is 1.63 bits per heavy atom. The van der Waals surface area contributed by atoms with Gasteiger partial charge in [0.15, 0.2) is 6.29 Å². The van der Waals surface area contributed by atoms with Crippen molar-refractivity contribution < 1.29 is 19.1 Å². The molecule has 1 aromatic rings. The Kier molecular flexibility index (Phi) is 5.79. The van der Waals surface area contributed by atoms with Gasteiger partial charge >= 0.3 is 0 Å². The summed E-state index contributed by atoms with van der Waals surface area (Å²) >= 11 is 0. The minimum atomic E-state index is -0.338. The van der Waals surface area contributed by atoms with Crippen molar-refractivity contribution in [3.05, 3.63) is 35.9 Å². The molecule has 4 fully saturated rings. The molecule has 4 atom stereocenters. The summed E-state index contributed by atoms with van der Waals surface area (Å²) in [7, 11) is 0. The molecule has 3 aliphatic heterocycles. The fourth-order valence-electron chi connectivity index (χ4n) is 5.99. The minimum absolute atomic E-state index is 0.0133. The second kappa shape index (κ2) is 8.67. The summed E-state index contributed by atoms with van der Waals surface area (Å²) in [6, 6.07) is 9.31. The van der Waals surface area contributed by atoms with Gasteiger partial charge in [0.25, 0.3) is 5.91 Å². The molecular weight excluding hydrogens is 380 g/mol. The van der Waals surface area contributed by atoms with Crippen LogP contribution in [0.2, 0.25) is 0 Å². The van der Waals surface area contributed by atoms with Crippen molar-refractivity contribution in [2.45, 2.75) is 63.3 Å². The molecule has 6 nitrogen and oxygen atoms in total. The number of ether oxygens (including phenoxy) is 2. The maximum atomic E-state index is 13.7. The zero-order chi connectivity index (χ0) is 20.5. The van der Waals surface area contributed by atoms with E-state index < -0.39 is 0 Å². The quantitative estimate of drug-likeness (QED) is 0.766. The van der Waals surface area contributed by atoms with Gasteiger partial charge < -0.3 is 19.3 Å². The monoisotopic (exact) mass is 412 g/mol. The van der Waals surface area contributed by atoms with Crippen LogP contribution in [-0.2, 0) is 14.3 Å². The first kappa shape index (κ1) is 20.0. The van der Waals surface area contributed by atoms with Crippen molar-refractivity contribution in [2.24, 2.45) is 11.8 Å². The van der Waals surface area contributed by atoms with Crippen LogP contribution >= 0.6 is 0 Å². The molecule has 4 aliphatic rings. The van der Waals surface area contributed by atoms with Gasteiger partial charge in [-0.05, 0) is 50.2 Å². The smallest absolute Gasteiger partial charge is 0.254 e. The molecule has 6 heteroatoms. The van der Waals surface area contributed by atoms with E-state index in [1.807, 2.05) is 40.1 Å². The third-order valence-electron chi connectivity index (χ3n) is 7.43. The van der Waals surface area contributed by atoms with E-state index in [9.17, 15) is 9.59 Å². The lowest BCUT2D eigenvalue weighted by Crippen LogP contribution is -2.53. The highest BCUT2D eigenvalue weighted by Gasteiger charge is 2.49. The Labute approximate surface area is 178 Å². The second-order valence-electron chi connectivity index (χ2n) is 9.24. The molecule has 0 aromatic heterocycles. The summed E-state index contributed by atoms with van der Waals surface area (Å²) in [6.45, 7) is 2.71.